The molecular weight excluding hydrogens is 456 g/mol. The lowest BCUT2D eigenvalue weighted by Gasteiger charge is -2.39. The van der Waals surface area contributed by atoms with Crippen molar-refractivity contribution in [2.24, 2.45) is 0 Å². The van der Waals surface area contributed by atoms with Crippen LogP contribution in [-0.2, 0) is 22.7 Å². The monoisotopic (exact) mass is 484 g/mol. The quantitative estimate of drug-likeness (QED) is 0.557. The molecule has 36 heavy (non-hydrogen) atoms. The minimum atomic E-state index is -0.590. The summed E-state index contributed by atoms with van der Waals surface area (Å²) in [4.78, 5) is 41.1. The summed E-state index contributed by atoms with van der Waals surface area (Å²) >= 11 is 0. The lowest BCUT2D eigenvalue weighted by Crippen LogP contribution is -2.52. The molecule has 8 heteroatoms. The number of piperidine rings is 2. The van der Waals surface area contributed by atoms with Crippen molar-refractivity contribution in [3.63, 3.8) is 0 Å². The van der Waals surface area contributed by atoms with Gasteiger partial charge in [-0.3, -0.25) is 24.6 Å². The zero-order valence-electron chi connectivity index (χ0n) is 19.9. The fraction of sp³-hybridized carbons (Fsp3) is 0.357. The van der Waals surface area contributed by atoms with E-state index in [0.29, 0.717) is 24.4 Å². The number of imide groups is 1. The number of nitrogens with zero attached hydrogens (tertiary/aromatic N) is 3. The molecule has 2 aromatic carbocycles. The van der Waals surface area contributed by atoms with E-state index in [2.05, 4.69) is 51.8 Å². The highest BCUT2D eigenvalue weighted by molar-refractivity contribution is 6.05. The van der Waals surface area contributed by atoms with Crippen LogP contribution in [0, 0.1) is 0 Å². The predicted molar refractivity (Wildman–Crippen MR) is 131 cm³/mol. The zero-order valence-corrected chi connectivity index (χ0v) is 19.9. The van der Waals surface area contributed by atoms with Gasteiger partial charge >= 0.3 is 0 Å². The highest BCUT2D eigenvalue weighted by Gasteiger charge is 2.39. The summed E-state index contributed by atoms with van der Waals surface area (Å²) in [7, 11) is 0. The van der Waals surface area contributed by atoms with Crippen LogP contribution >= 0.6 is 0 Å². The Morgan fingerprint density at radius 2 is 1.83 bits per heavy atom. The number of hydrogen-bond acceptors (Lipinski definition) is 6. The van der Waals surface area contributed by atoms with Crippen molar-refractivity contribution in [2.75, 3.05) is 6.54 Å². The van der Waals surface area contributed by atoms with Crippen LogP contribution in [-0.4, -0.2) is 45.3 Å². The predicted octanol–water partition coefficient (Wildman–Crippen LogP) is 3.56. The number of carbonyl (C=O) groups excluding carboxylic acids is 3. The smallest absolute Gasteiger partial charge is 0.255 e. The molecule has 0 radical (unpaired) electrons. The van der Waals surface area contributed by atoms with E-state index < -0.39 is 6.04 Å². The molecule has 0 bridgehead atoms. The first-order valence-corrected chi connectivity index (χ1v) is 12.5. The number of nitrogens with one attached hydrogen (secondary N) is 1. The Balaban J connectivity index is 1.22. The molecule has 8 nitrogen and oxygen atoms in total. The molecule has 3 aliphatic rings. The number of hydrogen-bond donors (Lipinski definition) is 1. The molecule has 0 spiro atoms. The Morgan fingerprint density at radius 1 is 0.972 bits per heavy atom. The van der Waals surface area contributed by atoms with Gasteiger partial charge in [-0.25, -0.2) is 0 Å². The maximum atomic E-state index is 13.1. The van der Waals surface area contributed by atoms with Gasteiger partial charge in [0.15, 0.2) is 0 Å². The molecule has 3 atom stereocenters. The second-order valence-corrected chi connectivity index (χ2v) is 9.93. The van der Waals surface area contributed by atoms with Crippen molar-refractivity contribution < 1.29 is 18.9 Å². The van der Waals surface area contributed by atoms with Crippen LogP contribution in [0.5, 0.6) is 0 Å². The number of amides is 3. The number of carbonyl (C=O) groups is 3. The molecular formula is C28H28N4O4. The van der Waals surface area contributed by atoms with Gasteiger partial charge in [-0.1, -0.05) is 47.6 Å². The van der Waals surface area contributed by atoms with Gasteiger partial charge in [0.25, 0.3) is 5.91 Å². The number of benzene rings is 2. The maximum absolute atomic E-state index is 13.1. The number of rotatable bonds is 5. The SMILES string of the molecule is O=C1CCC(N2Cc3cc(C4CCN(Cc5ccon5)C(c5ccccc5)C4)ccc3C2=O)C(=O)N1. The normalized spacial score (nSPS) is 24.6. The van der Waals surface area contributed by atoms with Crippen molar-refractivity contribution in [3.8, 4) is 0 Å². The van der Waals surface area contributed by atoms with Gasteiger partial charge in [0.1, 0.15) is 12.3 Å². The molecule has 6 rings (SSSR count). The van der Waals surface area contributed by atoms with Gasteiger partial charge in [0.2, 0.25) is 11.8 Å². The van der Waals surface area contributed by atoms with E-state index in [-0.39, 0.29) is 30.2 Å². The number of aromatic nitrogens is 1. The van der Waals surface area contributed by atoms with E-state index in [1.54, 1.807) is 11.2 Å². The summed E-state index contributed by atoms with van der Waals surface area (Å²) in [6.07, 6.45) is 4.22. The van der Waals surface area contributed by atoms with Crippen LogP contribution < -0.4 is 5.32 Å². The fourth-order valence-electron chi connectivity index (χ4n) is 5.90. The second kappa shape index (κ2) is 9.35. The van der Waals surface area contributed by atoms with Gasteiger partial charge in [-0.2, -0.15) is 0 Å². The van der Waals surface area contributed by atoms with Crippen LogP contribution in [0.1, 0.15) is 70.4 Å². The van der Waals surface area contributed by atoms with Crippen molar-refractivity contribution in [3.05, 3.63) is 88.8 Å². The van der Waals surface area contributed by atoms with Gasteiger partial charge in [0, 0.05) is 37.2 Å². The molecule has 0 saturated carbocycles. The molecule has 3 unspecified atom stereocenters. The van der Waals surface area contributed by atoms with Gasteiger partial charge in [-0.05, 0) is 54.5 Å². The van der Waals surface area contributed by atoms with E-state index in [1.165, 1.54) is 11.1 Å². The first-order chi connectivity index (χ1) is 17.6. The Labute approximate surface area is 209 Å². The summed E-state index contributed by atoms with van der Waals surface area (Å²) in [6, 6.07) is 18.3. The van der Waals surface area contributed by atoms with E-state index in [9.17, 15) is 14.4 Å². The summed E-state index contributed by atoms with van der Waals surface area (Å²) in [5.74, 6) is -0.423. The minimum absolute atomic E-state index is 0.129. The molecule has 3 aromatic rings. The average molecular weight is 485 g/mol. The second-order valence-electron chi connectivity index (χ2n) is 9.93. The average Bonchev–Trinajstić information content (AvgIpc) is 3.52. The molecule has 1 aromatic heterocycles. The molecule has 3 aliphatic heterocycles. The minimum Gasteiger partial charge on any atom is -0.364 e. The van der Waals surface area contributed by atoms with Crippen molar-refractivity contribution in [1.82, 2.24) is 20.3 Å². The highest BCUT2D eigenvalue weighted by Crippen LogP contribution is 2.41. The highest BCUT2D eigenvalue weighted by atomic mass is 16.5. The molecule has 3 amide bonds. The Hall–Kier alpha value is -3.78. The Bertz CT molecular complexity index is 1290. The Kier molecular flexibility index (Phi) is 5.89. The molecule has 184 valence electrons. The van der Waals surface area contributed by atoms with Crippen molar-refractivity contribution in [2.45, 2.75) is 56.8 Å². The molecule has 1 N–H and O–H groups in total. The largest absolute Gasteiger partial charge is 0.364 e. The molecule has 4 heterocycles. The van der Waals surface area contributed by atoms with Gasteiger partial charge in [-0.15, -0.1) is 0 Å². The standard InChI is InChI=1S/C28H28N4O4/c33-26-9-8-24(27(34)29-26)32-16-21-14-19(6-7-23(21)28(32)35)20-10-12-31(17-22-11-13-36-30-22)25(15-20)18-4-2-1-3-5-18/h1-7,11,13-14,20,24-25H,8-10,12,15-17H2,(H,29,33,34). The topological polar surface area (TPSA) is 95.8 Å². The lowest BCUT2D eigenvalue weighted by atomic mass is 9.82. The van der Waals surface area contributed by atoms with Crippen LogP contribution in [0.15, 0.2) is 65.4 Å². The zero-order chi connectivity index (χ0) is 24.6. The van der Waals surface area contributed by atoms with Crippen molar-refractivity contribution in [1.29, 1.82) is 0 Å². The molecule has 2 saturated heterocycles. The third-order valence-corrected chi connectivity index (χ3v) is 7.77. The third-order valence-electron chi connectivity index (χ3n) is 7.77. The van der Waals surface area contributed by atoms with Gasteiger partial charge in [0.05, 0.1) is 5.69 Å². The summed E-state index contributed by atoms with van der Waals surface area (Å²) in [5.41, 5.74) is 5.06. The van der Waals surface area contributed by atoms with E-state index in [4.69, 9.17) is 4.52 Å². The summed E-state index contributed by atoms with van der Waals surface area (Å²) in [6.45, 7) is 2.07. The third kappa shape index (κ3) is 4.22. The van der Waals surface area contributed by atoms with E-state index in [0.717, 1.165) is 37.2 Å². The van der Waals surface area contributed by atoms with Crippen LogP contribution in [0.4, 0.5) is 0 Å². The Morgan fingerprint density at radius 3 is 2.61 bits per heavy atom. The van der Waals surface area contributed by atoms with Crippen LogP contribution in [0.25, 0.3) is 0 Å². The number of likely N-dealkylation sites (tertiary alicyclic amines) is 1. The van der Waals surface area contributed by atoms with Crippen molar-refractivity contribution >= 4 is 17.7 Å². The number of fused-ring (bicyclic) bond motifs is 1. The van der Waals surface area contributed by atoms with Gasteiger partial charge < -0.3 is 9.42 Å². The lowest BCUT2D eigenvalue weighted by molar-refractivity contribution is -0.136. The van der Waals surface area contributed by atoms with E-state index in [1.807, 2.05) is 18.2 Å². The van der Waals surface area contributed by atoms with E-state index >= 15 is 0 Å². The molecule has 2 fully saturated rings. The van der Waals surface area contributed by atoms with Crippen LogP contribution in [0.2, 0.25) is 0 Å². The molecule has 0 aliphatic carbocycles. The van der Waals surface area contributed by atoms with Crippen LogP contribution in [0.3, 0.4) is 0 Å². The summed E-state index contributed by atoms with van der Waals surface area (Å²) < 4.78 is 5.05. The first kappa shape index (κ1) is 22.7. The fourth-order valence-corrected chi connectivity index (χ4v) is 5.90. The maximum Gasteiger partial charge on any atom is 0.255 e. The summed E-state index contributed by atoms with van der Waals surface area (Å²) in [5, 5.41) is 6.49. The first-order valence-electron chi connectivity index (χ1n) is 12.5.